The maximum absolute atomic E-state index is 13.7. The van der Waals surface area contributed by atoms with Crippen LogP contribution in [0.2, 0.25) is 0 Å². The minimum Gasteiger partial charge on any atom is -0.447 e. The van der Waals surface area contributed by atoms with Gasteiger partial charge in [-0.05, 0) is 54.3 Å². The highest BCUT2D eigenvalue weighted by atomic mass is 19.1. The fourth-order valence-electron chi connectivity index (χ4n) is 3.82. The van der Waals surface area contributed by atoms with Crippen molar-refractivity contribution in [3.63, 3.8) is 0 Å². The number of nitrogen functional groups attached to an aromatic ring is 1. The fourth-order valence-corrected chi connectivity index (χ4v) is 3.82. The topological polar surface area (TPSA) is 123 Å². The first-order valence-electron chi connectivity index (χ1n) is 11.4. The van der Waals surface area contributed by atoms with Crippen molar-refractivity contribution in [2.24, 2.45) is 5.92 Å². The minimum atomic E-state index is -1.79. The Kier molecular flexibility index (Phi) is 8.34. The molecule has 0 saturated heterocycles. The molecule has 2 aromatic carbocycles. The third-order valence-electron chi connectivity index (χ3n) is 5.48. The number of ether oxygens (including phenoxy) is 1. The molecule has 0 saturated carbocycles. The number of anilines is 2. The highest BCUT2D eigenvalue weighted by Crippen LogP contribution is 2.31. The van der Waals surface area contributed by atoms with Crippen LogP contribution in [0.15, 0.2) is 48.7 Å². The third-order valence-corrected chi connectivity index (χ3v) is 5.48. The number of hydrogen-bond donors (Lipinski definition) is 2. The summed E-state index contributed by atoms with van der Waals surface area (Å²) in [5.74, 6) is -3.84. The molecule has 194 valence electrons. The number of carbonyl (C=O) groups excluding carboxylic acids is 3. The Morgan fingerprint density at radius 3 is 2.30 bits per heavy atom. The molecule has 1 amide bonds. The molecule has 3 N–H and O–H groups in total. The van der Waals surface area contributed by atoms with E-state index in [4.69, 9.17) is 10.5 Å². The van der Waals surface area contributed by atoms with Gasteiger partial charge in [-0.3, -0.25) is 19.6 Å². The van der Waals surface area contributed by atoms with Crippen LogP contribution in [0.5, 0.6) is 0 Å². The van der Waals surface area contributed by atoms with E-state index in [1.807, 2.05) is 13.8 Å². The molecule has 0 aliphatic heterocycles. The number of pyridine rings is 1. The molecule has 0 fully saturated rings. The number of benzene rings is 2. The van der Waals surface area contributed by atoms with Crippen molar-refractivity contribution >= 4 is 29.2 Å². The first kappa shape index (κ1) is 27.4. The number of Topliss-reactive ketones (excluding diaryl/α,β-unsaturated/α-hetero) is 1. The van der Waals surface area contributed by atoms with E-state index in [9.17, 15) is 28.4 Å². The number of carbonyl (C=O) groups is 3. The number of hydroxylamine groups is 1. The Morgan fingerprint density at radius 2 is 1.73 bits per heavy atom. The monoisotopic (exact) mass is 511 g/mol. The molecule has 10 heteroatoms. The molecular weight excluding hydrogens is 484 g/mol. The summed E-state index contributed by atoms with van der Waals surface area (Å²) >= 11 is 0. The van der Waals surface area contributed by atoms with Crippen molar-refractivity contribution in [1.29, 1.82) is 0 Å². The van der Waals surface area contributed by atoms with Gasteiger partial charge in [0, 0.05) is 36.7 Å². The molecule has 37 heavy (non-hydrogen) atoms. The zero-order valence-corrected chi connectivity index (χ0v) is 20.8. The van der Waals surface area contributed by atoms with Crippen LogP contribution in [0.4, 0.5) is 20.3 Å². The highest BCUT2D eigenvalue weighted by molar-refractivity contribution is 6.01. The van der Waals surface area contributed by atoms with Gasteiger partial charge in [0.1, 0.15) is 17.5 Å². The second kappa shape index (κ2) is 11.3. The van der Waals surface area contributed by atoms with Crippen LogP contribution in [0.25, 0.3) is 11.1 Å². The molecule has 8 nitrogen and oxygen atoms in total. The van der Waals surface area contributed by atoms with E-state index in [0.29, 0.717) is 34.7 Å². The van der Waals surface area contributed by atoms with Gasteiger partial charge in [0.15, 0.2) is 5.78 Å². The van der Waals surface area contributed by atoms with Gasteiger partial charge < -0.3 is 10.5 Å². The number of aromatic nitrogens is 1. The van der Waals surface area contributed by atoms with E-state index in [-0.39, 0.29) is 33.8 Å². The van der Waals surface area contributed by atoms with E-state index >= 15 is 0 Å². The first-order valence-corrected chi connectivity index (χ1v) is 11.4. The molecule has 1 atom stereocenters. The fraction of sp³-hybridized carbons (Fsp3) is 0.259. The van der Waals surface area contributed by atoms with Gasteiger partial charge in [-0.25, -0.2) is 13.8 Å². The lowest BCUT2D eigenvalue weighted by atomic mass is 9.96. The molecule has 1 aromatic heterocycles. The standard InChI is InChI=1S/C27H27F2N3O5/c1-14(2)7-24(34)23-11-18(13-31-26(23)30)22-6-5-21(8-15(22)3)32(36)27(35)25(37-16(4)33)17-9-19(28)12-20(29)10-17/h5-6,8-14,25,36H,7H2,1-4H3,(H2,30,31). The second-order valence-electron chi connectivity index (χ2n) is 9.02. The number of aryl methyl sites for hydroxylation is 1. The van der Waals surface area contributed by atoms with Gasteiger partial charge in [0.2, 0.25) is 6.10 Å². The Balaban J connectivity index is 1.93. The summed E-state index contributed by atoms with van der Waals surface area (Å²) in [5, 5.41) is 10.9. The summed E-state index contributed by atoms with van der Waals surface area (Å²) in [6.45, 7) is 6.59. The minimum absolute atomic E-state index is 0.0137. The summed E-state index contributed by atoms with van der Waals surface area (Å²) < 4.78 is 32.4. The largest absolute Gasteiger partial charge is 0.447 e. The summed E-state index contributed by atoms with van der Waals surface area (Å²) in [6.07, 6.45) is 0.0391. The average Bonchev–Trinajstić information content (AvgIpc) is 2.80. The first-order chi connectivity index (χ1) is 17.4. The van der Waals surface area contributed by atoms with Crippen molar-refractivity contribution in [3.05, 3.63) is 77.0 Å². The molecule has 1 unspecified atom stereocenters. The van der Waals surface area contributed by atoms with Gasteiger partial charge in [0.05, 0.1) is 11.3 Å². The lowest BCUT2D eigenvalue weighted by Gasteiger charge is -2.23. The van der Waals surface area contributed by atoms with Gasteiger partial charge in [-0.15, -0.1) is 0 Å². The zero-order chi connectivity index (χ0) is 27.4. The van der Waals surface area contributed by atoms with E-state index in [2.05, 4.69) is 4.98 Å². The molecule has 1 heterocycles. The van der Waals surface area contributed by atoms with E-state index in [0.717, 1.165) is 19.1 Å². The maximum Gasteiger partial charge on any atom is 0.303 e. The molecule has 0 aliphatic rings. The second-order valence-corrected chi connectivity index (χ2v) is 9.02. The number of halogens is 2. The van der Waals surface area contributed by atoms with Crippen LogP contribution in [0.3, 0.4) is 0 Å². The van der Waals surface area contributed by atoms with Crippen molar-refractivity contribution in [2.75, 3.05) is 10.8 Å². The Labute approximate surface area is 212 Å². The molecular formula is C27H27F2N3O5. The molecule has 0 aliphatic carbocycles. The van der Waals surface area contributed by atoms with Crippen LogP contribution < -0.4 is 10.8 Å². The van der Waals surface area contributed by atoms with Crippen molar-refractivity contribution in [2.45, 2.75) is 40.2 Å². The summed E-state index contributed by atoms with van der Waals surface area (Å²) in [5.41, 5.74) is 7.84. The number of esters is 1. The molecule has 0 spiro atoms. The predicted molar refractivity (Wildman–Crippen MR) is 133 cm³/mol. The smallest absolute Gasteiger partial charge is 0.303 e. The number of nitrogens with zero attached hydrogens (tertiary/aromatic N) is 2. The zero-order valence-electron chi connectivity index (χ0n) is 20.8. The van der Waals surface area contributed by atoms with Crippen molar-refractivity contribution < 1.29 is 33.1 Å². The maximum atomic E-state index is 13.7. The lowest BCUT2D eigenvalue weighted by Crippen LogP contribution is -2.34. The lowest BCUT2D eigenvalue weighted by molar-refractivity contribution is -0.155. The number of rotatable bonds is 8. The normalized spacial score (nSPS) is 11.8. The van der Waals surface area contributed by atoms with Crippen LogP contribution >= 0.6 is 0 Å². The van der Waals surface area contributed by atoms with Gasteiger partial charge in [-0.1, -0.05) is 19.9 Å². The van der Waals surface area contributed by atoms with Crippen LogP contribution in [-0.4, -0.2) is 27.9 Å². The SMILES string of the molecule is CC(=O)OC(C(=O)N(O)c1ccc(-c2cnc(N)c(C(=O)CC(C)C)c2)c(C)c1)c1cc(F)cc(F)c1. The molecule has 3 rings (SSSR count). The van der Waals surface area contributed by atoms with E-state index in [1.165, 1.54) is 18.3 Å². The summed E-state index contributed by atoms with van der Waals surface area (Å²) in [6, 6.07) is 8.43. The number of ketones is 1. The van der Waals surface area contributed by atoms with Crippen LogP contribution in [-0.2, 0) is 14.3 Å². The van der Waals surface area contributed by atoms with E-state index < -0.39 is 29.6 Å². The van der Waals surface area contributed by atoms with Gasteiger partial charge in [0.25, 0.3) is 5.91 Å². The summed E-state index contributed by atoms with van der Waals surface area (Å²) in [7, 11) is 0. The van der Waals surface area contributed by atoms with Gasteiger partial charge in [-0.2, -0.15) is 5.06 Å². The predicted octanol–water partition coefficient (Wildman–Crippen LogP) is 5.17. The quantitative estimate of drug-likeness (QED) is 0.185. The summed E-state index contributed by atoms with van der Waals surface area (Å²) in [4.78, 5) is 41.3. The number of amides is 1. The van der Waals surface area contributed by atoms with Gasteiger partial charge >= 0.3 is 5.97 Å². The van der Waals surface area contributed by atoms with Crippen LogP contribution in [0, 0.1) is 24.5 Å². The van der Waals surface area contributed by atoms with Crippen molar-refractivity contribution in [3.8, 4) is 11.1 Å². The van der Waals surface area contributed by atoms with E-state index in [1.54, 1.807) is 19.1 Å². The number of hydrogen-bond acceptors (Lipinski definition) is 7. The van der Waals surface area contributed by atoms with Crippen LogP contribution in [0.1, 0.15) is 54.8 Å². The molecule has 0 radical (unpaired) electrons. The molecule has 0 bridgehead atoms. The number of nitrogens with two attached hydrogens (primary N) is 1. The Morgan fingerprint density at radius 1 is 1.08 bits per heavy atom. The average molecular weight is 512 g/mol. The Bertz CT molecular complexity index is 1340. The molecule has 3 aromatic rings. The van der Waals surface area contributed by atoms with Crippen molar-refractivity contribution in [1.82, 2.24) is 4.98 Å². The third kappa shape index (κ3) is 6.53. The Hall–Kier alpha value is -4.18. The highest BCUT2D eigenvalue weighted by Gasteiger charge is 2.30.